The summed E-state index contributed by atoms with van der Waals surface area (Å²) in [6.45, 7) is -0.298. The van der Waals surface area contributed by atoms with E-state index in [1.807, 2.05) is 0 Å². The third-order valence-corrected chi connectivity index (χ3v) is 8.38. The maximum Gasteiger partial charge on any atom is 0.355 e. The van der Waals surface area contributed by atoms with Crippen molar-refractivity contribution in [2.24, 2.45) is 10.3 Å². The SMILES string of the molecule is CO/N=C(/Cn1nnnc1SCC1=C(C(=O)O)N2C(=O)C(NC(=O)/C(=N/OC)c3csc(N)n3)C2SC1)C(=O)O. The molecule has 4 heterocycles. The van der Waals surface area contributed by atoms with Gasteiger partial charge in [-0.05, 0) is 16.0 Å². The van der Waals surface area contributed by atoms with Gasteiger partial charge >= 0.3 is 11.9 Å². The maximum absolute atomic E-state index is 13.0. The van der Waals surface area contributed by atoms with Crippen LogP contribution in [0, 0.1) is 0 Å². The summed E-state index contributed by atoms with van der Waals surface area (Å²) in [6.07, 6.45) is 0. The Bertz CT molecular complexity index is 1440. The number of aliphatic carboxylic acids is 2. The number of nitrogens with one attached hydrogen (secondary N) is 1. The largest absolute Gasteiger partial charge is 0.477 e. The van der Waals surface area contributed by atoms with Gasteiger partial charge in [0.25, 0.3) is 11.8 Å². The van der Waals surface area contributed by atoms with Crippen LogP contribution in [0.2, 0.25) is 0 Å². The predicted molar refractivity (Wildman–Crippen MR) is 140 cm³/mol. The van der Waals surface area contributed by atoms with Crippen LogP contribution in [-0.2, 0) is 35.4 Å². The first-order chi connectivity index (χ1) is 19.2. The molecule has 1 fully saturated rings. The van der Waals surface area contributed by atoms with Gasteiger partial charge in [-0.15, -0.1) is 28.2 Å². The monoisotopic (exact) mass is 612 g/mol. The zero-order valence-electron chi connectivity index (χ0n) is 20.6. The van der Waals surface area contributed by atoms with Gasteiger partial charge in [0, 0.05) is 16.9 Å². The van der Waals surface area contributed by atoms with E-state index >= 15 is 0 Å². The number of rotatable bonds is 12. The number of hydrogen-bond donors (Lipinski definition) is 4. The van der Waals surface area contributed by atoms with Crippen molar-refractivity contribution in [1.82, 2.24) is 35.4 Å². The number of thiazole rings is 1. The summed E-state index contributed by atoms with van der Waals surface area (Å²) < 4.78 is 1.17. The molecule has 212 valence electrons. The average molecular weight is 613 g/mol. The number of nitrogens with zero attached hydrogens (tertiary/aromatic N) is 8. The Hall–Kier alpha value is -4.24. The summed E-state index contributed by atoms with van der Waals surface area (Å²) in [5, 5.41) is 41.2. The van der Waals surface area contributed by atoms with E-state index in [0.29, 0.717) is 5.57 Å². The first-order valence-corrected chi connectivity index (χ1v) is 13.8. The molecule has 2 amide bonds. The van der Waals surface area contributed by atoms with Crippen molar-refractivity contribution in [3.63, 3.8) is 0 Å². The fourth-order valence-electron chi connectivity index (χ4n) is 3.63. The van der Waals surface area contributed by atoms with Crippen LogP contribution in [0.5, 0.6) is 0 Å². The minimum absolute atomic E-state index is 0.0856. The molecule has 2 aromatic rings. The second-order valence-electron chi connectivity index (χ2n) is 7.75. The number of carboxylic acid groups (broad SMARTS) is 2. The molecule has 0 aromatic carbocycles. The van der Waals surface area contributed by atoms with E-state index in [-0.39, 0.29) is 51.2 Å². The lowest BCUT2D eigenvalue weighted by Gasteiger charge is -2.49. The van der Waals surface area contributed by atoms with Crippen LogP contribution in [0.1, 0.15) is 5.69 Å². The Kier molecular flexibility index (Phi) is 8.84. The molecule has 2 unspecified atom stereocenters. The van der Waals surface area contributed by atoms with Crippen molar-refractivity contribution >= 4 is 75.2 Å². The number of thioether (sulfide) groups is 2. The molecular weight excluding hydrogens is 592 g/mol. The normalized spacial score (nSPS) is 19.1. The molecule has 21 heteroatoms. The van der Waals surface area contributed by atoms with E-state index in [4.69, 9.17) is 10.6 Å². The number of nitrogens with two attached hydrogens (primary N) is 1. The highest BCUT2D eigenvalue weighted by atomic mass is 32.2. The highest BCUT2D eigenvalue weighted by Gasteiger charge is 2.54. The van der Waals surface area contributed by atoms with Crippen molar-refractivity contribution in [1.29, 1.82) is 0 Å². The molecule has 2 aliphatic heterocycles. The summed E-state index contributed by atoms with van der Waals surface area (Å²) in [5.74, 6) is -3.69. The smallest absolute Gasteiger partial charge is 0.355 e. The molecule has 0 bridgehead atoms. The van der Waals surface area contributed by atoms with Crippen molar-refractivity contribution in [2.75, 3.05) is 31.5 Å². The Morgan fingerprint density at radius 1 is 1.27 bits per heavy atom. The van der Waals surface area contributed by atoms with Crippen LogP contribution in [0.25, 0.3) is 0 Å². The van der Waals surface area contributed by atoms with Gasteiger partial charge in [-0.25, -0.2) is 19.3 Å². The molecule has 1 saturated heterocycles. The van der Waals surface area contributed by atoms with E-state index in [1.165, 1.54) is 36.0 Å². The number of hydrogen-bond acceptors (Lipinski definition) is 16. The number of carbonyl (C=O) groups is 4. The third kappa shape index (κ3) is 5.84. The molecular formula is C19H20N10O8S3. The fourth-order valence-corrected chi connectivity index (χ4v) is 6.54. The molecule has 0 spiro atoms. The first kappa shape index (κ1) is 28.8. The molecule has 40 heavy (non-hydrogen) atoms. The van der Waals surface area contributed by atoms with Gasteiger partial charge in [0.05, 0.1) is 6.54 Å². The minimum atomic E-state index is -1.33. The number of carbonyl (C=O) groups excluding carboxylic acids is 2. The van der Waals surface area contributed by atoms with Gasteiger partial charge in [-0.1, -0.05) is 22.1 Å². The molecule has 4 rings (SSSR count). The molecule has 2 aromatic heterocycles. The highest BCUT2D eigenvalue weighted by molar-refractivity contribution is 8.01. The van der Waals surface area contributed by atoms with Crippen LogP contribution in [0.4, 0.5) is 5.13 Å². The topological polar surface area (TPSA) is 250 Å². The Morgan fingerprint density at radius 2 is 2.02 bits per heavy atom. The summed E-state index contributed by atoms with van der Waals surface area (Å²) in [6, 6.07) is -1.01. The van der Waals surface area contributed by atoms with Crippen molar-refractivity contribution in [3.8, 4) is 0 Å². The molecule has 0 saturated carbocycles. The number of anilines is 1. The molecule has 0 radical (unpaired) electrons. The van der Waals surface area contributed by atoms with Gasteiger partial charge in [0.1, 0.15) is 37.0 Å². The van der Waals surface area contributed by atoms with Gasteiger partial charge in [-0.3, -0.25) is 14.5 Å². The van der Waals surface area contributed by atoms with E-state index in [0.717, 1.165) is 28.0 Å². The van der Waals surface area contributed by atoms with E-state index in [2.05, 4.69) is 41.0 Å². The van der Waals surface area contributed by atoms with Crippen molar-refractivity contribution in [3.05, 3.63) is 22.3 Å². The Morgan fingerprint density at radius 3 is 2.65 bits per heavy atom. The van der Waals surface area contributed by atoms with E-state index < -0.39 is 35.2 Å². The van der Waals surface area contributed by atoms with Crippen LogP contribution in [0.3, 0.4) is 0 Å². The standard InChI is InChI=1S/C19H20N10O8S3/c1-36-24-8(16(32)33)3-28-19(23-26-27-28)40-5-7-4-38-15-11(14(31)29(15)12(7)17(34)35)22-13(30)10(25-37-2)9-6-39-18(20)21-9/h6,11,15H,3-5H2,1-2H3,(H2,20,21)(H,22,30)(H,32,33)(H,34,35)/b24-8-,25-10+. The maximum atomic E-state index is 13.0. The Labute approximate surface area is 236 Å². The summed E-state index contributed by atoms with van der Waals surface area (Å²) in [5.41, 5.74) is 5.46. The summed E-state index contributed by atoms with van der Waals surface area (Å²) in [7, 11) is 2.44. The van der Waals surface area contributed by atoms with Gasteiger partial charge in [-0.2, -0.15) is 0 Å². The fraction of sp³-hybridized carbons (Fsp3) is 0.368. The number of oxime groups is 2. The molecule has 5 N–H and O–H groups in total. The van der Waals surface area contributed by atoms with Gasteiger partial charge < -0.3 is 30.9 Å². The predicted octanol–water partition coefficient (Wildman–Crippen LogP) is -1.32. The van der Waals surface area contributed by atoms with Gasteiger partial charge in [0.15, 0.2) is 16.6 Å². The van der Waals surface area contributed by atoms with Crippen LogP contribution < -0.4 is 11.1 Å². The summed E-state index contributed by atoms with van der Waals surface area (Å²) >= 11 is 3.41. The molecule has 2 aliphatic rings. The number of β-lactam (4-membered cyclic amide) rings is 1. The number of carboxylic acids is 2. The van der Waals surface area contributed by atoms with Gasteiger partial charge in [0.2, 0.25) is 5.16 Å². The van der Waals surface area contributed by atoms with Crippen molar-refractivity contribution in [2.45, 2.75) is 23.1 Å². The van der Waals surface area contributed by atoms with E-state index in [1.54, 1.807) is 0 Å². The zero-order chi connectivity index (χ0) is 29.0. The lowest BCUT2D eigenvalue weighted by atomic mass is 10.0. The lowest BCUT2D eigenvalue weighted by molar-refractivity contribution is -0.150. The molecule has 2 atom stereocenters. The highest BCUT2D eigenvalue weighted by Crippen LogP contribution is 2.41. The number of nitrogen functional groups attached to an aromatic ring is 1. The first-order valence-electron chi connectivity index (χ1n) is 10.9. The number of tetrazole rings is 1. The quantitative estimate of drug-likeness (QED) is 0.0939. The van der Waals surface area contributed by atoms with Crippen LogP contribution >= 0.6 is 34.9 Å². The third-order valence-electron chi connectivity index (χ3n) is 5.32. The van der Waals surface area contributed by atoms with Crippen LogP contribution in [-0.4, -0.2) is 113 Å². The Balaban J connectivity index is 1.47. The van der Waals surface area contributed by atoms with Crippen LogP contribution in [0.15, 0.2) is 32.1 Å². The number of amides is 2. The molecule has 0 aliphatic carbocycles. The minimum Gasteiger partial charge on any atom is -0.477 e. The number of fused-ring (bicyclic) bond motifs is 1. The average Bonchev–Trinajstić information content (AvgIpc) is 3.56. The van der Waals surface area contributed by atoms with Crippen molar-refractivity contribution < 1.29 is 39.1 Å². The van der Waals surface area contributed by atoms with E-state index in [9.17, 15) is 29.4 Å². The second-order valence-corrected chi connectivity index (χ2v) is 10.7. The zero-order valence-corrected chi connectivity index (χ0v) is 23.0. The number of aromatic nitrogens is 5. The second kappa shape index (κ2) is 12.3. The molecule has 18 nitrogen and oxygen atoms in total. The summed E-state index contributed by atoms with van der Waals surface area (Å²) in [4.78, 5) is 63.8. The lowest BCUT2D eigenvalue weighted by Crippen LogP contribution is -2.71.